The van der Waals surface area contributed by atoms with E-state index in [4.69, 9.17) is 9.84 Å². The molecule has 1 aliphatic heterocycles. The number of ether oxygens (including phenoxy) is 2. The minimum atomic E-state index is -4.47. The molecule has 3 rings (SSSR count). The van der Waals surface area contributed by atoms with Crippen LogP contribution in [0.5, 0.6) is 5.75 Å². The standard InChI is InChI=1S/C17H15F5N2O4S/c18-15(19)27-7-10-5-12(6-24(10)16-23-13(8-29-16)14(25)26)28-11-3-1-9(2-4-11)17(20,21)22/h1-4,8,10,12,15H,5-7H2,(H,25,26)/t10-,12-/m0/s1. The Bertz CT molecular complexity index is 843. The number of nitrogens with zero attached hydrogens (tertiary/aromatic N) is 2. The van der Waals surface area contributed by atoms with Crippen molar-refractivity contribution in [2.75, 3.05) is 18.1 Å². The molecule has 0 radical (unpaired) electrons. The van der Waals surface area contributed by atoms with Crippen molar-refractivity contribution in [3.8, 4) is 5.75 Å². The van der Waals surface area contributed by atoms with Gasteiger partial charge in [0.1, 0.15) is 11.9 Å². The predicted molar refractivity (Wildman–Crippen MR) is 92.6 cm³/mol. The lowest BCUT2D eigenvalue weighted by Crippen LogP contribution is -2.34. The third-order valence-electron chi connectivity index (χ3n) is 4.23. The predicted octanol–water partition coefficient (Wildman–Crippen LogP) is 4.13. The van der Waals surface area contributed by atoms with Crippen LogP contribution in [0.4, 0.5) is 27.1 Å². The highest BCUT2D eigenvalue weighted by Crippen LogP contribution is 2.33. The number of halogens is 5. The van der Waals surface area contributed by atoms with Crippen molar-refractivity contribution in [2.45, 2.75) is 31.4 Å². The minimum absolute atomic E-state index is 0.175. The third-order valence-corrected chi connectivity index (χ3v) is 5.11. The molecule has 0 bridgehead atoms. The van der Waals surface area contributed by atoms with Gasteiger partial charge in [-0.2, -0.15) is 22.0 Å². The number of aromatic carboxylic acids is 1. The zero-order chi connectivity index (χ0) is 21.2. The zero-order valence-corrected chi connectivity index (χ0v) is 15.4. The Kier molecular flexibility index (Phi) is 6.22. The molecule has 2 atom stereocenters. The fraction of sp³-hybridized carbons (Fsp3) is 0.412. The maximum atomic E-state index is 12.7. The molecule has 0 spiro atoms. The summed E-state index contributed by atoms with van der Waals surface area (Å²) in [6, 6.07) is 3.58. The second-order valence-corrected chi connectivity index (χ2v) is 7.05. The number of hydrogen-bond acceptors (Lipinski definition) is 6. The molecule has 2 aromatic rings. The molecule has 158 valence electrons. The number of benzene rings is 1. The van der Waals surface area contributed by atoms with Crippen molar-refractivity contribution >= 4 is 22.4 Å². The van der Waals surface area contributed by atoms with E-state index in [9.17, 15) is 26.7 Å². The highest BCUT2D eigenvalue weighted by Gasteiger charge is 2.36. The van der Waals surface area contributed by atoms with E-state index in [1.807, 2.05) is 0 Å². The molecular weight excluding hydrogens is 423 g/mol. The molecule has 1 aliphatic rings. The van der Waals surface area contributed by atoms with Gasteiger partial charge in [-0.25, -0.2) is 9.78 Å². The summed E-state index contributed by atoms with van der Waals surface area (Å²) in [4.78, 5) is 16.6. The summed E-state index contributed by atoms with van der Waals surface area (Å²) < 4.78 is 72.9. The van der Waals surface area contributed by atoms with Gasteiger partial charge in [0.05, 0.1) is 24.8 Å². The maximum Gasteiger partial charge on any atom is 0.416 e. The largest absolute Gasteiger partial charge is 0.489 e. The van der Waals surface area contributed by atoms with Gasteiger partial charge in [-0.3, -0.25) is 0 Å². The first-order chi connectivity index (χ1) is 13.6. The number of carbonyl (C=O) groups is 1. The van der Waals surface area contributed by atoms with Crippen LogP contribution in [0.15, 0.2) is 29.6 Å². The van der Waals surface area contributed by atoms with Crippen molar-refractivity contribution in [2.24, 2.45) is 0 Å². The van der Waals surface area contributed by atoms with Gasteiger partial charge >= 0.3 is 18.8 Å². The highest BCUT2D eigenvalue weighted by molar-refractivity contribution is 7.13. The number of thiazole rings is 1. The summed E-state index contributed by atoms with van der Waals surface area (Å²) in [6.07, 6.45) is -4.75. The van der Waals surface area contributed by atoms with E-state index in [2.05, 4.69) is 9.72 Å². The molecule has 1 fully saturated rings. The fourth-order valence-corrected chi connectivity index (χ4v) is 3.83. The normalized spacial score (nSPS) is 19.7. The van der Waals surface area contributed by atoms with E-state index in [1.54, 1.807) is 4.90 Å². The molecule has 1 aromatic heterocycles. The Hall–Kier alpha value is -2.47. The molecule has 1 saturated heterocycles. The van der Waals surface area contributed by atoms with Gasteiger partial charge in [-0.05, 0) is 24.3 Å². The Morgan fingerprint density at radius 2 is 2.00 bits per heavy atom. The number of alkyl halides is 5. The van der Waals surface area contributed by atoms with Crippen molar-refractivity contribution in [1.29, 1.82) is 0 Å². The van der Waals surface area contributed by atoms with Gasteiger partial charge in [-0.1, -0.05) is 0 Å². The van der Waals surface area contributed by atoms with Crippen LogP contribution in [0.1, 0.15) is 22.5 Å². The molecular formula is C17H15F5N2O4S. The number of anilines is 1. The van der Waals surface area contributed by atoms with Crippen molar-refractivity contribution in [3.05, 3.63) is 40.9 Å². The minimum Gasteiger partial charge on any atom is -0.489 e. The van der Waals surface area contributed by atoms with Crippen LogP contribution in [0.3, 0.4) is 0 Å². The Balaban J connectivity index is 1.72. The van der Waals surface area contributed by atoms with Gasteiger partial charge in [-0.15, -0.1) is 11.3 Å². The Labute approximate surface area is 165 Å². The Morgan fingerprint density at radius 3 is 2.55 bits per heavy atom. The van der Waals surface area contributed by atoms with Gasteiger partial charge in [0, 0.05) is 11.8 Å². The van der Waals surface area contributed by atoms with E-state index in [1.165, 1.54) is 17.5 Å². The average Bonchev–Trinajstić information content (AvgIpc) is 3.26. The van der Waals surface area contributed by atoms with Crippen LogP contribution in [0, 0.1) is 0 Å². The van der Waals surface area contributed by atoms with Gasteiger partial charge < -0.3 is 19.5 Å². The van der Waals surface area contributed by atoms with Crippen molar-refractivity contribution in [1.82, 2.24) is 4.98 Å². The van der Waals surface area contributed by atoms with E-state index >= 15 is 0 Å². The zero-order valence-electron chi connectivity index (χ0n) is 14.6. The first kappa shape index (κ1) is 21.2. The highest BCUT2D eigenvalue weighted by atomic mass is 32.1. The lowest BCUT2D eigenvalue weighted by Gasteiger charge is -2.23. The molecule has 0 aliphatic carbocycles. The third kappa shape index (κ3) is 5.32. The number of carboxylic acid groups (broad SMARTS) is 1. The molecule has 2 heterocycles. The summed E-state index contributed by atoms with van der Waals surface area (Å²) in [7, 11) is 0. The second-order valence-electron chi connectivity index (χ2n) is 6.22. The smallest absolute Gasteiger partial charge is 0.416 e. The van der Waals surface area contributed by atoms with Crippen molar-refractivity contribution in [3.63, 3.8) is 0 Å². The van der Waals surface area contributed by atoms with Gasteiger partial charge in [0.25, 0.3) is 0 Å². The molecule has 29 heavy (non-hydrogen) atoms. The van der Waals surface area contributed by atoms with Crippen LogP contribution < -0.4 is 9.64 Å². The van der Waals surface area contributed by atoms with Crippen LogP contribution in [0.2, 0.25) is 0 Å². The molecule has 0 amide bonds. The average molecular weight is 438 g/mol. The van der Waals surface area contributed by atoms with Gasteiger partial charge in [0.15, 0.2) is 10.8 Å². The van der Waals surface area contributed by atoms with Crippen LogP contribution >= 0.6 is 11.3 Å². The number of hydrogen-bond donors (Lipinski definition) is 1. The summed E-state index contributed by atoms with van der Waals surface area (Å²) >= 11 is 1.04. The Morgan fingerprint density at radius 1 is 1.31 bits per heavy atom. The number of carboxylic acids is 1. The molecule has 0 unspecified atom stereocenters. The van der Waals surface area contributed by atoms with E-state index < -0.39 is 36.5 Å². The fourth-order valence-electron chi connectivity index (χ4n) is 2.94. The van der Waals surface area contributed by atoms with Crippen LogP contribution in [0.25, 0.3) is 0 Å². The molecule has 1 aromatic carbocycles. The summed E-state index contributed by atoms with van der Waals surface area (Å²) in [5, 5.41) is 10.6. The lowest BCUT2D eigenvalue weighted by molar-refractivity contribution is -0.137. The number of aromatic nitrogens is 1. The van der Waals surface area contributed by atoms with E-state index in [0.717, 1.165) is 23.5 Å². The summed E-state index contributed by atoms with van der Waals surface area (Å²) in [6.45, 7) is -3.13. The van der Waals surface area contributed by atoms with Gasteiger partial charge in [0.2, 0.25) is 0 Å². The first-order valence-corrected chi connectivity index (χ1v) is 9.20. The first-order valence-electron chi connectivity index (χ1n) is 8.32. The van der Waals surface area contributed by atoms with Crippen LogP contribution in [-0.4, -0.2) is 48.0 Å². The molecule has 6 nitrogen and oxygen atoms in total. The maximum absolute atomic E-state index is 12.7. The monoisotopic (exact) mass is 438 g/mol. The molecule has 0 saturated carbocycles. The molecule has 1 N–H and O–H groups in total. The SMILES string of the molecule is O=C(O)c1csc(N2C[C@@H](Oc3ccc(C(F)(F)F)cc3)C[C@H]2COC(F)F)n1. The summed E-state index contributed by atoms with van der Waals surface area (Å²) in [5.41, 5.74) is -0.990. The lowest BCUT2D eigenvalue weighted by atomic mass is 10.2. The van der Waals surface area contributed by atoms with Crippen molar-refractivity contribution < 1.29 is 41.3 Å². The topological polar surface area (TPSA) is 71.9 Å². The quantitative estimate of drug-likeness (QED) is 0.656. The van der Waals surface area contributed by atoms with Crippen LogP contribution in [-0.2, 0) is 10.9 Å². The van der Waals surface area contributed by atoms with E-state index in [0.29, 0.717) is 5.13 Å². The molecule has 12 heteroatoms. The summed E-state index contributed by atoms with van der Waals surface area (Å²) in [5.74, 6) is -1.02. The van der Waals surface area contributed by atoms with E-state index in [-0.39, 0.29) is 31.0 Å². The second kappa shape index (κ2) is 8.49. The number of rotatable bonds is 7.